The predicted octanol–water partition coefficient (Wildman–Crippen LogP) is -0.573. The summed E-state index contributed by atoms with van der Waals surface area (Å²) in [5, 5.41) is 16.4. The molecular formula is C10H17N3O4. The van der Waals surface area contributed by atoms with Gasteiger partial charge in [-0.15, -0.1) is 0 Å². The van der Waals surface area contributed by atoms with Crippen LogP contribution in [0.25, 0.3) is 0 Å². The Morgan fingerprint density at radius 3 is 2.65 bits per heavy atom. The first-order valence-electron chi connectivity index (χ1n) is 5.36. The van der Waals surface area contributed by atoms with E-state index < -0.39 is 17.5 Å². The second-order valence-corrected chi connectivity index (χ2v) is 4.76. The minimum absolute atomic E-state index is 0.0971. The number of rotatable bonds is 4. The van der Waals surface area contributed by atoms with Gasteiger partial charge in [0.05, 0.1) is 12.5 Å². The highest BCUT2D eigenvalue weighted by Gasteiger charge is 2.27. The van der Waals surface area contributed by atoms with Crippen molar-refractivity contribution in [1.82, 2.24) is 16.0 Å². The first-order chi connectivity index (χ1) is 7.78. The van der Waals surface area contributed by atoms with Gasteiger partial charge in [0, 0.05) is 18.5 Å². The molecule has 1 aliphatic heterocycles. The zero-order valence-electron chi connectivity index (χ0n) is 9.87. The molecule has 0 aliphatic carbocycles. The van der Waals surface area contributed by atoms with Crippen LogP contribution in [0, 0.1) is 0 Å². The average molecular weight is 243 g/mol. The molecule has 7 heteroatoms. The summed E-state index contributed by atoms with van der Waals surface area (Å²) in [6.45, 7) is 3.66. The molecule has 4 N–H and O–H groups in total. The van der Waals surface area contributed by atoms with Gasteiger partial charge in [-0.05, 0) is 13.8 Å². The molecule has 0 aromatic rings. The number of carboxylic acids is 1. The van der Waals surface area contributed by atoms with Crippen LogP contribution >= 0.6 is 0 Å². The summed E-state index contributed by atoms with van der Waals surface area (Å²) in [6.07, 6.45) is 0.0923. The van der Waals surface area contributed by atoms with Gasteiger partial charge in [-0.25, -0.2) is 4.79 Å². The zero-order valence-corrected chi connectivity index (χ0v) is 9.87. The molecule has 0 spiro atoms. The molecule has 0 bridgehead atoms. The lowest BCUT2D eigenvalue weighted by atomic mass is 10.0. The Morgan fingerprint density at radius 1 is 1.53 bits per heavy atom. The van der Waals surface area contributed by atoms with Crippen LogP contribution in [-0.4, -0.2) is 41.1 Å². The molecule has 1 heterocycles. The highest BCUT2D eigenvalue weighted by atomic mass is 16.4. The molecule has 1 unspecified atom stereocenters. The standard InChI is InChI=1S/C10H17N3O4/c1-10(2,4-8(15)16)13-9(17)12-6-3-7(14)11-5-6/h6H,3-5H2,1-2H3,(H,11,14)(H,15,16)(H2,12,13,17). The second-order valence-electron chi connectivity index (χ2n) is 4.76. The highest BCUT2D eigenvalue weighted by molar-refractivity contribution is 5.82. The quantitative estimate of drug-likeness (QED) is 0.530. The molecule has 7 nitrogen and oxygen atoms in total. The number of urea groups is 1. The molecule has 17 heavy (non-hydrogen) atoms. The van der Waals surface area contributed by atoms with Crippen LogP contribution in [0.3, 0.4) is 0 Å². The summed E-state index contributed by atoms with van der Waals surface area (Å²) in [6, 6.07) is -0.694. The SMILES string of the molecule is CC(C)(CC(=O)O)NC(=O)NC1CNC(=O)C1. The van der Waals surface area contributed by atoms with E-state index in [4.69, 9.17) is 5.11 Å². The molecule has 1 rings (SSSR count). The number of carbonyl (C=O) groups is 3. The molecule has 1 saturated heterocycles. The summed E-state index contributed by atoms with van der Waals surface area (Å²) >= 11 is 0. The van der Waals surface area contributed by atoms with E-state index >= 15 is 0 Å². The minimum atomic E-state index is -0.979. The van der Waals surface area contributed by atoms with E-state index in [0.717, 1.165) is 0 Å². The first kappa shape index (κ1) is 13.3. The van der Waals surface area contributed by atoms with Gasteiger partial charge in [0.2, 0.25) is 5.91 Å². The lowest BCUT2D eigenvalue weighted by Gasteiger charge is -2.25. The van der Waals surface area contributed by atoms with Crippen LogP contribution in [0.2, 0.25) is 0 Å². The third kappa shape index (κ3) is 4.71. The van der Waals surface area contributed by atoms with Crippen molar-refractivity contribution in [2.24, 2.45) is 0 Å². The fourth-order valence-electron chi connectivity index (χ4n) is 1.66. The van der Waals surface area contributed by atoms with Crippen LogP contribution in [0.4, 0.5) is 4.79 Å². The second kappa shape index (κ2) is 5.03. The molecule has 0 aromatic carbocycles. The molecule has 1 aliphatic rings. The van der Waals surface area contributed by atoms with E-state index in [1.807, 2.05) is 0 Å². The molecule has 96 valence electrons. The van der Waals surface area contributed by atoms with Gasteiger partial charge >= 0.3 is 12.0 Å². The maximum Gasteiger partial charge on any atom is 0.315 e. The largest absolute Gasteiger partial charge is 0.481 e. The number of aliphatic carboxylic acids is 1. The van der Waals surface area contributed by atoms with Crippen LogP contribution in [0.15, 0.2) is 0 Å². The first-order valence-corrected chi connectivity index (χ1v) is 5.36. The normalized spacial score (nSPS) is 19.6. The maximum absolute atomic E-state index is 11.5. The van der Waals surface area contributed by atoms with Crippen molar-refractivity contribution in [2.45, 2.75) is 38.3 Å². The van der Waals surface area contributed by atoms with Crippen molar-refractivity contribution in [1.29, 1.82) is 0 Å². The fraction of sp³-hybridized carbons (Fsp3) is 0.700. The molecule has 0 saturated carbocycles. The number of amides is 3. The van der Waals surface area contributed by atoms with Crippen molar-refractivity contribution in [2.75, 3.05) is 6.54 Å². The Kier molecular flexibility index (Phi) is 3.93. The molecule has 0 aromatic heterocycles. The predicted molar refractivity (Wildman–Crippen MR) is 59.4 cm³/mol. The third-order valence-corrected chi connectivity index (χ3v) is 2.36. The van der Waals surface area contributed by atoms with Gasteiger partial charge in [-0.1, -0.05) is 0 Å². The molecule has 3 amide bonds. The molecular weight excluding hydrogens is 226 g/mol. The lowest BCUT2D eigenvalue weighted by Crippen LogP contribution is -2.52. The summed E-state index contributed by atoms with van der Waals surface area (Å²) < 4.78 is 0. The Hall–Kier alpha value is -1.79. The number of hydrogen-bond donors (Lipinski definition) is 4. The number of carbonyl (C=O) groups excluding carboxylic acids is 2. The van der Waals surface area contributed by atoms with Gasteiger partial charge in [-0.2, -0.15) is 0 Å². The van der Waals surface area contributed by atoms with E-state index in [-0.39, 0.29) is 24.8 Å². The third-order valence-electron chi connectivity index (χ3n) is 2.36. The summed E-state index contributed by atoms with van der Waals surface area (Å²) in [5.41, 5.74) is -0.827. The van der Waals surface area contributed by atoms with Crippen molar-refractivity contribution < 1.29 is 19.5 Å². The van der Waals surface area contributed by atoms with Crippen LogP contribution in [-0.2, 0) is 9.59 Å². The van der Waals surface area contributed by atoms with Gasteiger partial charge in [0.25, 0.3) is 0 Å². The molecule has 0 radical (unpaired) electrons. The Labute approximate surface area is 98.9 Å². The van der Waals surface area contributed by atoms with Crippen LogP contribution in [0.1, 0.15) is 26.7 Å². The average Bonchev–Trinajstić information content (AvgIpc) is 2.46. The fourth-order valence-corrected chi connectivity index (χ4v) is 1.66. The molecule has 1 fully saturated rings. The van der Waals surface area contributed by atoms with E-state index in [9.17, 15) is 14.4 Å². The smallest absolute Gasteiger partial charge is 0.315 e. The maximum atomic E-state index is 11.5. The number of carboxylic acid groups (broad SMARTS) is 1. The van der Waals surface area contributed by atoms with Gasteiger partial charge in [-0.3, -0.25) is 9.59 Å². The summed E-state index contributed by atoms with van der Waals surface area (Å²) in [4.78, 5) is 33.0. The lowest BCUT2D eigenvalue weighted by molar-refractivity contribution is -0.138. The monoisotopic (exact) mass is 243 g/mol. The van der Waals surface area contributed by atoms with E-state index in [0.29, 0.717) is 6.54 Å². The van der Waals surface area contributed by atoms with Crippen molar-refractivity contribution in [3.05, 3.63) is 0 Å². The minimum Gasteiger partial charge on any atom is -0.481 e. The van der Waals surface area contributed by atoms with E-state index in [1.165, 1.54) is 0 Å². The highest BCUT2D eigenvalue weighted by Crippen LogP contribution is 2.08. The van der Waals surface area contributed by atoms with E-state index in [1.54, 1.807) is 13.8 Å². The topological polar surface area (TPSA) is 108 Å². The summed E-state index contributed by atoms with van der Waals surface area (Å²) in [7, 11) is 0. The van der Waals surface area contributed by atoms with Gasteiger partial charge < -0.3 is 21.1 Å². The Balaban J connectivity index is 2.38. The van der Waals surface area contributed by atoms with Crippen molar-refractivity contribution >= 4 is 17.9 Å². The zero-order chi connectivity index (χ0) is 13.1. The Bertz CT molecular complexity index is 340. The molecule has 1 atom stereocenters. The summed E-state index contributed by atoms with van der Waals surface area (Å²) in [5.74, 6) is -1.08. The van der Waals surface area contributed by atoms with Crippen molar-refractivity contribution in [3.63, 3.8) is 0 Å². The van der Waals surface area contributed by atoms with Crippen LogP contribution in [0.5, 0.6) is 0 Å². The Morgan fingerprint density at radius 2 is 2.18 bits per heavy atom. The van der Waals surface area contributed by atoms with Crippen LogP contribution < -0.4 is 16.0 Å². The van der Waals surface area contributed by atoms with Crippen molar-refractivity contribution in [3.8, 4) is 0 Å². The van der Waals surface area contributed by atoms with Gasteiger partial charge in [0.15, 0.2) is 0 Å². The number of hydrogen-bond acceptors (Lipinski definition) is 3. The van der Waals surface area contributed by atoms with E-state index in [2.05, 4.69) is 16.0 Å². The number of nitrogens with one attached hydrogen (secondary N) is 3. The van der Waals surface area contributed by atoms with Gasteiger partial charge in [0.1, 0.15) is 0 Å².